The Morgan fingerprint density at radius 2 is 2.33 bits per heavy atom. The smallest absolute Gasteiger partial charge is 0.287 e. The fraction of sp³-hybridized carbons (Fsp3) is 0.643. The van der Waals surface area contributed by atoms with Crippen molar-refractivity contribution >= 4 is 11.6 Å². The van der Waals surface area contributed by atoms with E-state index >= 15 is 0 Å². The van der Waals surface area contributed by atoms with Crippen LogP contribution in [0, 0.1) is 16.0 Å². The second-order valence-electron chi connectivity index (χ2n) is 5.40. The zero-order valence-electron chi connectivity index (χ0n) is 12.2. The molecule has 1 aliphatic rings. The number of nitro groups is 1. The van der Waals surface area contributed by atoms with Crippen LogP contribution in [0.25, 0.3) is 0 Å². The summed E-state index contributed by atoms with van der Waals surface area (Å²) in [5.74, 6) is 0.153. The molecule has 0 spiro atoms. The number of aliphatic hydroxyl groups excluding tert-OH is 1. The Morgan fingerprint density at radius 3 is 2.95 bits per heavy atom. The summed E-state index contributed by atoms with van der Waals surface area (Å²) in [7, 11) is 0. The quantitative estimate of drug-likeness (QED) is 0.660. The highest BCUT2D eigenvalue weighted by molar-refractivity contribution is 5.93. The van der Waals surface area contributed by atoms with E-state index in [0.29, 0.717) is 37.7 Å². The summed E-state index contributed by atoms with van der Waals surface area (Å²) in [6, 6.07) is 1.35. The molecule has 0 aliphatic carbocycles. The second-order valence-corrected chi connectivity index (χ2v) is 5.40. The Kier molecular flexibility index (Phi) is 4.95. The zero-order chi connectivity index (χ0) is 15.4. The van der Waals surface area contributed by atoms with Crippen molar-refractivity contribution in [2.24, 2.45) is 5.92 Å². The average molecular weight is 295 g/mol. The molecule has 1 saturated heterocycles. The van der Waals surface area contributed by atoms with E-state index in [1.165, 1.54) is 12.3 Å². The van der Waals surface area contributed by atoms with E-state index < -0.39 is 4.92 Å². The highest BCUT2D eigenvalue weighted by Gasteiger charge is 2.27. The predicted octanol–water partition coefficient (Wildman–Crippen LogP) is 1.65. The summed E-state index contributed by atoms with van der Waals surface area (Å²) < 4.78 is 1.62. The van der Waals surface area contributed by atoms with Crippen LogP contribution >= 0.6 is 0 Å². The number of hydrogen-bond acceptors (Lipinski definition) is 4. The molecule has 1 unspecified atom stereocenters. The van der Waals surface area contributed by atoms with E-state index in [4.69, 9.17) is 5.11 Å². The molecule has 21 heavy (non-hydrogen) atoms. The van der Waals surface area contributed by atoms with Crippen LogP contribution in [0.15, 0.2) is 12.3 Å². The maximum Gasteiger partial charge on any atom is 0.287 e. The lowest BCUT2D eigenvalue weighted by atomic mass is 9.95. The SMILES string of the molecule is CCn1cc([N+](=O)[O-])cc1C(=O)N1CCCC(CCO)C1. The minimum atomic E-state index is -0.478. The van der Waals surface area contributed by atoms with E-state index in [-0.39, 0.29) is 18.2 Å². The average Bonchev–Trinajstić information content (AvgIpc) is 2.91. The standard InChI is InChI=1S/C14H21N3O4/c1-2-15-10-12(17(20)21)8-13(15)14(19)16-6-3-4-11(9-16)5-7-18/h8,10-11,18H,2-7,9H2,1H3. The van der Waals surface area contributed by atoms with Gasteiger partial charge in [0, 0.05) is 32.3 Å². The van der Waals surface area contributed by atoms with Crippen molar-refractivity contribution in [2.75, 3.05) is 19.7 Å². The van der Waals surface area contributed by atoms with Gasteiger partial charge in [-0.05, 0) is 32.1 Å². The van der Waals surface area contributed by atoms with Crippen LogP contribution in [0.1, 0.15) is 36.7 Å². The number of likely N-dealkylation sites (tertiary alicyclic amines) is 1. The molecule has 2 heterocycles. The van der Waals surface area contributed by atoms with Crippen LogP contribution in [0.4, 0.5) is 5.69 Å². The highest BCUT2D eigenvalue weighted by Crippen LogP contribution is 2.23. The van der Waals surface area contributed by atoms with Gasteiger partial charge in [-0.1, -0.05) is 0 Å². The van der Waals surface area contributed by atoms with Crippen molar-refractivity contribution in [3.8, 4) is 0 Å². The monoisotopic (exact) mass is 295 g/mol. The predicted molar refractivity (Wildman–Crippen MR) is 77.1 cm³/mol. The lowest BCUT2D eigenvalue weighted by molar-refractivity contribution is -0.384. The first-order valence-corrected chi connectivity index (χ1v) is 7.31. The first-order chi connectivity index (χ1) is 10.1. The molecule has 0 saturated carbocycles. The van der Waals surface area contributed by atoms with Crippen molar-refractivity contribution in [1.29, 1.82) is 0 Å². The third kappa shape index (κ3) is 3.41. The van der Waals surface area contributed by atoms with Gasteiger partial charge in [-0.15, -0.1) is 0 Å². The first-order valence-electron chi connectivity index (χ1n) is 7.31. The fourth-order valence-corrected chi connectivity index (χ4v) is 2.87. The van der Waals surface area contributed by atoms with Gasteiger partial charge in [0.2, 0.25) is 0 Å². The van der Waals surface area contributed by atoms with Crippen LogP contribution in [0.5, 0.6) is 0 Å². The zero-order valence-corrected chi connectivity index (χ0v) is 12.2. The molecular weight excluding hydrogens is 274 g/mol. The number of nitrogens with zero attached hydrogens (tertiary/aromatic N) is 3. The van der Waals surface area contributed by atoms with Gasteiger partial charge in [0.15, 0.2) is 0 Å². The van der Waals surface area contributed by atoms with E-state index in [0.717, 1.165) is 12.8 Å². The van der Waals surface area contributed by atoms with E-state index in [1.807, 2.05) is 6.92 Å². The maximum absolute atomic E-state index is 12.6. The molecule has 116 valence electrons. The molecule has 0 bridgehead atoms. The Bertz CT molecular complexity index is 524. The number of piperidine rings is 1. The number of carbonyl (C=O) groups excluding carboxylic acids is 1. The highest BCUT2D eigenvalue weighted by atomic mass is 16.6. The van der Waals surface area contributed by atoms with E-state index in [2.05, 4.69) is 0 Å². The number of hydrogen-bond donors (Lipinski definition) is 1. The van der Waals surface area contributed by atoms with Gasteiger partial charge in [0.05, 0.1) is 11.1 Å². The Balaban J connectivity index is 2.17. The van der Waals surface area contributed by atoms with Gasteiger partial charge < -0.3 is 14.6 Å². The molecule has 1 aliphatic heterocycles. The number of aliphatic hydroxyl groups is 1. The molecule has 2 rings (SSSR count). The Hall–Kier alpha value is -1.89. The van der Waals surface area contributed by atoms with Gasteiger partial charge in [0.1, 0.15) is 5.69 Å². The summed E-state index contributed by atoms with van der Waals surface area (Å²) in [6.07, 6.45) is 4.02. The summed E-state index contributed by atoms with van der Waals surface area (Å²) in [5, 5.41) is 19.9. The Labute approximate surface area is 123 Å². The molecule has 7 nitrogen and oxygen atoms in total. The summed E-state index contributed by atoms with van der Waals surface area (Å²) >= 11 is 0. The topological polar surface area (TPSA) is 88.6 Å². The molecule has 0 aromatic carbocycles. The number of rotatable bonds is 5. The minimum absolute atomic E-state index is 0.0517. The fourth-order valence-electron chi connectivity index (χ4n) is 2.87. The molecule has 1 N–H and O–H groups in total. The number of carbonyl (C=O) groups is 1. The lowest BCUT2D eigenvalue weighted by Gasteiger charge is -2.32. The van der Waals surface area contributed by atoms with Crippen LogP contribution in [-0.4, -0.2) is 45.1 Å². The molecule has 0 radical (unpaired) electrons. The van der Waals surface area contributed by atoms with Crippen LogP contribution < -0.4 is 0 Å². The van der Waals surface area contributed by atoms with Gasteiger partial charge in [-0.3, -0.25) is 14.9 Å². The maximum atomic E-state index is 12.6. The van der Waals surface area contributed by atoms with Gasteiger partial charge >= 0.3 is 0 Å². The summed E-state index contributed by atoms with van der Waals surface area (Å²) in [6.45, 7) is 3.78. The van der Waals surface area contributed by atoms with Crippen molar-refractivity contribution in [1.82, 2.24) is 9.47 Å². The number of aromatic nitrogens is 1. The Morgan fingerprint density at radius 1 is 1.57 bits per heavy atom. The van der Waals surface area contributed by atoms with Crippen LogP contribution in [0.3, 0.4) is 0 Å². The molecule has 7 heteroatoms. The largest absolute Gasteiger partial charge is 0.396 e. The molecule has 1 atom stereocenters. The molecule has 1 aromatic heterocycles. The van der Waals surface area contributed by atoms with Crippen LogP contribution in [0.2, 0.25) is 0 Å². The van der Waals surface area contributed by atoms with Crippen molar-refractivity contribution < 1.29 is 14.8 Å². The van der Waals surface area contributed by atoms with E-state index in [9.17, 15) is 14.9 Å². The third-order valence-corrected chi connectivity index (χ3v) is 4.00. The minimum Gasteiger partial charge on any atom is -0.396 e. The molecule has 1 fully saturated rings. The van der Waals surface area contributed by atoms with Gasteiger partial charge in [0.25, 0.3) is 11.6 Å². The number of aryl methyl sites for hydroxylation is 1. The van der Waals surface area contributed by atoms with E-state index in [1.54, 1.807) is 9.47 Å². The lowest BCUT2D eigenvalue weighted by Crippen LogP contribution is -2.40. The third-order valence-electron chi connectivity index (χ3n) is 4.00. The molecule has 1 aromatic rings. The summed E-state index contributed by atoms with van der Waals surface area (Å²) in [5.41, 5.74) is 0.318. The normalized spacial score (nSPS) is 18.8. The van der Waals surface area contributed by atoms with Crippen molar-refractivity contribution in [2.45, 2.75) is 32.7 Å². The van der Waals surface area contributed by atoms with Gasteiger partial charge in [-0.2, -0.15) is 0 Å². The van der Waals surface area contributed by atoms with Crippen molar-refractivity contribution in [3.05, 3.63) is 28.1 Å². The first kappa shape index (κ1) is 15.5. The number of amides is 1. The molecular formula is C14H21N3O4. The van der Waals surface area contributed by atoms with Gasteiger partial charge in [-0.25, -0.2) is 0 Å². The second kappa shape index (κ2) is 6.71. The van der Waals surface area contributed by atoms with Crippen LogP contribution in [-0.2, 0) is 6.54 Å². The van der Waals surface area contributed by atoms with Crippen molar-refractivity contribution in [3.63, 3.8) is 0 Å². The summed E-state index contributed by atoms with van der Waals surface area (Å²) in [4.78, 5) is 24.7. The molecule has 1 amide bonds.